The smallest absolute Gasteiger partial charge is 0.308 e. The summed E-state index contributed by atoms with van der Waals surface area (Å²) in [5.74, 6) is -0.301. The van der Waals surface area contributed by atoms with E-state index in [1.165, 1.54) is 0 Å². The number of carbonyl (C=O) groups excluding carboxylic acids is 2. The van der Waals surface area contributed by atoms with Crippen LogP contribution < -0.4 is 0 Å². The first-order valence-electron chi connectivity index (χ1n) is 10.8. The van der Waals surface area contributed by atoms with Crippen molar-refractivity contribution in [3.05, 3.63) is 0 Å². The lowest BCUT2D eigenvalue weighted by Crippen LogP contribution is -2.33. The minimum atomic E-state index is -0.166. The molecule has 4 unspecified atom stereocenters. The highest BCUT2D eigenvalue weighted by molar-refractivity contribution is 5.72. The van der Waals surface area contributed by atoms with Crippen LogP contribution in [0.5, 0.6) is 0 Å². The molecular weight excluding hydrogens is 328 g/mol. The summed E-state index contributed by atoms with van der Waals surface area (Å²) in [6.07, 6.45) is 8.41. The van der Waals surface area contributed by atoms with Crippen molar-refractivity contribution in [3.63, 3.8) is 0 Å². The van der Waals surface area contributed by atoms with Crippen molar-refractivity contribution in [1.29, 1.82) is 0 Å². The molecule has 4 nitrogen and oxygen atoms in total. The average molecular weight is 371 g/mol. The quantitative estimate of drug-likeness (QED) is 0.336. The second kappa shape index (κ2) is 15.0. The number of carbonyl (C=O) groups is 2. The molecule has 154 valence electrons. The molecule has 0 N–H and O–H groups in total. The highest BCUT2D eigenvalue weighted by Gasteiger charge is 2.27. The molecule has 4 atom stereocenters. The largest absolute Gasteiger partial charge is 0.465 e. The highest BCUT2D eigenvalue weighted by atomic mass is 16.6. The van der Waals surface area contributed by atoms with Gasteiger partial charge in [0.15, 0.2) is 0 Å². The molecule has 0 bridgehead atoms. The van der Waals surface area contributed by atoms with Crippen LogP contribution in [0.4, 0.5) is 0 Å². The van der Waals surface area contributed by atoms with Crippen LogP contribution in [0.2, 0.25) is 0 Å². The van der Waals surface area contributed by atoms with Gasteiger partial charge in [0.1, 0.15) is 6.10 Å². The Morgan fingerprint density at radius 1 is 0.769 bits per heavy atom. The van der Waals surface area contributed by atoms with Gasteiger partial charge in [-0.3, -0.25) is 9.59 Å². The summed E-state index contributed by atoms with van der Waals surface area (Å²) in [7, 11) is 0. The molecular formula is C22H42O4. The van der Waals surface area contributed by atoms with E-state index < -0.39 is 0 Å². The first kappa shape index (κ1) is 24.9. The van der Waals surface area contributed by atoms with Gasteiger partial charge in [0, 0.05) is 5.92 Å². The lowest BCUT2D eigenvalue weighted by atomic mass is 9.96. The van der Waals surface area contributed by atoms with Crippen molar-refractivity contribution in [2.75, 3.05) is 6.61 Å². The molecule has 0 aromatic carbocycles. The molecule has 0 radical (unpaired) electrons. The van der Waals surface area contributed by atoms with E-state index in [9.17, 15) is 9.59 Å². The predicted molar refractivity (Wildman–Crippen MR) is 107 cm³/mol. The van der Waals surface area contributed by atoms with Crippen LogP contribution >= 0.6 is 0 Å². The third-order valence-electron chi connectivity index (χ3n) is 5.12. The fraction of sp³-hybridized carbons (Fsp3) is 0.909. The third-order valence-corrected chi connectivity index (χ3v) is 5.12. The van der Waals surface area contributed by atoms with E-state index >= 15 is 0 Å². The zero-order valence-electron chi connectivity index (χ0n) is 18.0. The van der Waals surface area contributed by atoms with Gasteiger partial charge < -0.3 is 9.47 Å². The molecule has 0 aliphatic carbocycles. The lowest BCUT2D eigenvalue weighted by Gasteiger charge is -2.27. The average Bonchev–Trinajstić information content (AvgIpc) is 2.64. The van der Waals surface area contributed by atoms with E-state index in [4.69, 9.17) is 9.47 Å². The van der Waals surface area contributed by atoms with Crippen LogP contribution in [0.3, 0.4) is 0 Å². The van der Waals surface area contributed by atoms with Gasteiger partial charge in [-0.25, -0.2) is 0 Å². The first-order valence-corrected chi connectivity index (χ1v) is 10.8. The van der Waals surface area contributed by atoms with E-state index in [1.807, 2.05) is 13.8 Å². The Morgan fingerprint density at radius 2 is 1.31 bits per heavy atom. The molecule has 0 aromatic rings. The Hall–Kier alpha value is -1.06. The van der Waals surface area contributed by atoms with Crippen molar-refractivity contribution in [1.82, 2.24) is 0 Å². The monoisotopic (exact) mass is 370 g/mol. The summed E-state index contributed by atoms with van der Waals surface area (Å²) in [6.45, 7) is 12.6. The molecule has 0 spiro atoms. The molecule has 0 heterocycles. The van der Waals surface area contributed by atoms with Crippen LogP contribution in [-0.2, 0) is 19.1 Å². The number of hydrogen-bond donors (Lipinski definition) is 0. The lowest BCUT2D eigenvalue weighted by molar-refractivity contribution is -0.161. The number of esters is 2. The van der Waals surface area contributed by atoms with Crippen LogP contribution in [0.1, 0.15) is 99.3 Å². The number of hydrogen-bond acceptors (Lipinski definition) is 4. The summed E-state index contributed by atoms with van der Waals surface area (Å²) in [6, 6.07) is 0. The van der Waals surface area contributed by atoms with Gasteiger partial charge in [0.05, 0.1) is 18.4 Å². The summed E-state index contributed by atoms with van der Waals surface area (Å²) >= 11 is 0. The predicted octanol–water partition coefficient (Wildman–Crippen LogP) is 5.92. The standard InChI is InChI=1S/C22H42O4/c1-7-11-14-17(5)21(23)25-16-19(10-4)20(13-9-3)26-22(24)18(6)15-12-8-2/h17-20H,7-16H2,1-6H3. The van der Waals surface area contributed by atoms with E-state index in [2.05, 4.69) is 27.7 Å². The fourth-order valence-electron chi connectivity index (χ4n) is 3.02. The summed E-state index contributed by atoms with van der Waals surface area (Å²) in [5.41, 5.74) is 0. The van der Waals surface area contributed by atoms with Gasteiger partial charge in [-0.15, -0.1) is 0 Å². The highest BCUT2D eigenvalue weighted by Crippen LogP contribution is 2.22. The summed E-state index contributed by atoms with van der Waals surface area (Å²) < 4.78 is 11.4. The number of rotatable bonds is 15. The van der Waals surface area contributed by atoms with Gasteiger partial charge in [-0.05, 0) is 25.7 Å². The normalized spacial score (nSPS) is 15.8. The SMILES string of the molecule is CCCCC(C)C(=O)OCC(CC)C(CCC)OC(=O)C(C)CCCC. The molecule has 0 rings (SSSR count). The molecule has 0 aliphatic heterocycles. The van der Waals surface area contributed by atoms with Crippen LogP contribution in [0, 0.1) is 17.8 Å². The van der Waals surface area contributed by atoms with Crippen molar-refractivity contribution in [2.45, 2.75) is 105 Å². The van der Waals surface area contributed by atoms with Crippen LogP contribution in [0.15, 0.2) is 0 Å². The molecule has 0 saturated carbocycles. The maximum atomic E-state index is 12.4. The Balaban J connectivity index is 4.65. The van der Waals surface area contributed by atoms with Gasteiger partial charge in [0.25, 0.3) is 0 Å². The van der Waals surface area contributed by atoms with Crippen molar-refractivity contribution >= 4 is 11.9 Å². The van der Waals surface area contributed by atoms with E-state index in [0.717, 1.165) is 57.8 Å². The van der Waals surface area contributed by atoms with E-state index in [0.29, 0.717) is 6.61 Å². The second-order valence-electron chi connectivity index (χ2n) is 7.65. The minimum absolute atomic E-state index is 0.0614. The first-order chi connectivity index (χ1) is 12.4. The fourth-order valence-corrected chi connectivity index (χ4v) is 3.02. The third kappa shape index (κ3) is 10.2. The van der Waals surface area contributed by atoms with Gasteiger partial charge >= 0.3 is 11.9 Å². The summed E-state index contributed by atoms with van der Waals surface area (Å²) in [4.78, 5) is 24.6. The second-order valence-corrected chi connectivity index (χ2v) is 7.65. The zero-order valence-corrected chi connectivity index (χ0v) is 18.0. The molecule has 0 saturated heterocycles. The van der Waals surface area contributed by atoms with Gasteiger partial charge in [-0.2, -0.15) is 0 Å². The maximum absolute atomic E-state index is 12.4. The molecule has 0 amide bonds. The van der Waals surface area contributed by atoms with Crippen molar-refractivity contribution in [3.8, 4) is 0 Å². The number of ether oxygens (including phenoxy) is 2. The topological polar surface area (TPSA) is 52.6 Å². The maximum Gasteiger partial charge on any atom is 0.308 e. The molecule has 4 heteroatoms. The minimum Gasteiger partial charge on any atom is -0.465 e. The van der Waals surface area contributed by atoms with Gasteiger partial charge in [-0.1, -0.05) is 73.6 Å². The molecule has 0 aromatic heterocycles. The van der Waals surface area contributed by atoms with E-state index in [-0.39, 0.29) is 35.8 Å². The van der Waals surface area contributed by atoms with Crippen LogP contribution in [0.25, 0.3) is 0 Å². The Labute approximate surface area is 161 Å². The van der Waals surface area contributed by atoms with Crippen molar-refractivity contribution < 1.29 is 19.1 Å². The zero-order chi connectivity index (χ0) is 19.9. The van der Waals surface area contributed by atoms with Gasteiger partial charge in [0.2, 0.25) is 0 Å². The van der Waals surface area contributed by atoms with Crippen LogP contribution in [-0.4, -0.2) is 24.6 Å². The van der Waals surface area contributed by atoms with E-state index in [1.54, 1.807) is 0 Å². The van der Waals surface area contributed by atoms with Crippen molar-refractivity contribution in [2.24, 2.45) is 17.8 Å². The molecule has 26 heavy (non-hydrogen) atoms. The summed E-state index contributed by atoms with van der Waals surface area (Å²) in [5, 5.41) is 0. The Bertz CT molecular complexity index is 380. The molecule has 0 fully saturated rings. The molecule has 0 aliphatic rings. The Morgan fingerprint density at radius 3 is 1.77 bits per heavy atom. The Kier molecular flexibility index (Phi) is 14.4. The number of unbranched alkanes of at least 4 members (excludes halogenated alkanes) is 2.